The summed E-state index contributed by atoms with van der Waals surface area (Å²) < 4.78 is 11.3. The highest BCUT2D eigenvalue weighted by Gasteiger charge is 2.08. The van der Waals surface area contributed by atoms with Crippen LogP contribution in [0.15, 0.2) is 78.9 Å². The topological polar surface area (TPSA) is 79.9 Å². The summed E-state index contributed by atoms with van der Waals surface area (Å²) in [5.74, 6) is 1.27. The molecule has 0 unspecified atom stereocenters. The van der Waals surface area contributed by atoms with E-state index in [1.165, 1.54) is 4.90 Å². The lowest BCUT2D eigenvalue weighted by Crippen LogP contribution is -2.22. The molecule has 0 atom stereocenters. The number of benzene rings is 3. The van der Waals surface area contributed by atoms with Crippen molar-refractivity contribution in [2.45, 2.75) is 0 Å². The number of para-hydroxylation sites is 1. The third kappa shape index (κ3) is 7.05. The highest BCUT2D eigenvalue weighted by atomic mass is 16.5. The van der Waals surface area contributed by atoms with Crippen molar-refractivity contribution in [3.63, 3.8) is 0 Å². The van der Waals surface area contributed by atoms with Crippen LogP contribution in [0.5, 0.6) is 11.5 Å². The molecule has 0 spiro atoms. The summed E-state index contributed by atoms with van der Waals surface area (Å²) in [7, 11) is 3.39. The van der Waals surface area contributed by atoms with Gasteiger partial charge in [0.15, 0.2) is 0 Å². The van der Waals surface area contributed by atoms with Gasteiger partial charge < -0.3 is 25.0 Å². The van der Waals surface area contributed by atoms with Crippen LogP contribution < -0.4 is 20.1 Å². The van der Waals surface area contributed by atoms with E-state index in [2.05, 4.69) is 10.6 Å². The average Bonchev–Trinajstić information content (AvgIpc) is 2.82. The fourth-order valence-electron chi connectivity index (χ4n) is 2.85. The van der Waals surface area contributed by atoms with Gasteiger partial charge in [0.1, 0.15) is 24.7 Å². The van der Waals surface area contributed by atoms with Gasteiger partial charge >= 0.3 is 0 Å². The molecule has 0 aliphatic rings. The summed E-state index contributed by atoms with van der Waals surface area (Å²) in [6, 6.07) is 23.8. The molecule has 0 heterocycles. The highest BCUT2D eigenvalue weighted by Crippen LogP contribution is 2.16. The molecule has 7 heteroatoms. The maximum atomic E-state index is 12.2. The fourth-order valence-corrected chi connectivity index (χ4v) is 2.85. The number of ether oxygens (including phenoxy) is 2. The van der Waals surface area contributed by atoms with Crippen LogP contribution >= 0.6 is 0 Å². The predicted octanol–water partition coefficient (Wildman–Crippen LogP) is 3.90. The third-order valence-corrected chi connectivity index (χ3v) is 4.49. The van der Waals surface area contributed by atoms with Crippen molar-refractivity contribution in [3.8, 4) is 11.5 Å². The van der Waals surface area contributed by atoms with E-state index in [-0.39, 0.29) is 18.4 Å². The van der Waals surface area contributed by atoms with Gasteiger partial charge in [0.2, 0.25) is 5.91 Å². The zero-order chi connectivity index (χ0) is 22.8. The maximum Gasteiger partial charge on any atom is 0.253 e. The van der Waals surface area contributed by atoms with E-state index in [0.29, 0.717) is 24.5 Å². The molecule has 32 heavy (non-hydrogen) atoms. The molecule has 0 aliphatic heterocycles. The second-order valence-corrected chi connectivity index (χ2v) is 7.21. The lowest BCUT2D eigenvalue weighted by Gasteiger charge is -2.12. The Labute approximate surface area is 188 Å². The Morgan fingerprint density at radius 3 is 1.91 bits per heavy atom. The molecule has 2 amide bonds. The number of nitrogens with zero attached hydrogens (tertiary/aromatic N) is 1. The van der Waals surface area contributed by atoms with Crippen molar-refractivity contribution < 1.29 is 19.1 Å². The second kappa shape index (κ2) is 11.4. The minimum atomic E-state index is -0.185. The van der Waals surface area contributed by atoms with Gasteiger partial charge in [0, 0.05) is 31.0 Å². The lowest BCUT2D eigenvalue weighted by molar-refractivity contribution is -0.114. The maximum absolute atomic E-state index is 12.2. The van der Waals surface area contributed by atoms with E-state index in [0.717, 1.165) is 17.2 Å². The number of rotatable bonds is 10. The number of carbonyl (C=O) groups excluding carboxylic acids is 2. The van der Waals surface area contributed by atoms with E-state index in [1.807, 2.05) is 54.6 Å². The van der Waals surface area contributed by atoms with Gasteiger partial charge in [-0.05, 0) is 60.7 Å². The minimum absolute atomic E-state index is 0.0827. The first-order valence-electron chi connectivity index (χ1n) is 10.3. The van der Waals surface area contributed by atoms with Crippen molar-refractivity contribution >= 4 is 23.2 Å². The summed E-state index contributed by atoms with van der Waals surface area (Å²) in [6.07, 6.45) is 0. The number of hydrogen-bond donors (Lipinski definition) is 2. The predicted molar refractivity (Wildman–Crippen MR) is 125 cm³/mol. The average molecular weight is 434 g/mol. The Balaban J connectivity index is 1.38. The molecule has 166 valence electrons. The molecule has 0 saturated heterocycles. The summed E-state index contributed by atoms with van der Waals surface area (Å²) >= 11 is 0. The molecule has 0 fully saturated rings. The van der Waals surface area contributed by atoms with Crippen LogP contribution in [0.25, 0.3) is 0 Å². The Bertz CT molecular complexity index is 1000. The van der Waals surface area contributed by atoms with Crippen LogP contribution in [0.2, 0.25) is 0 Å². The molecular weight excluding hydrogens is 406 g/mol. The number of nitrogens with one attached hydrogen (secondary N) is 2. The van der Waals surface area contributed by atoms with Gasteiger partial charge in [-0.15, -0.1) is 0 Å². The number of carbonyl (C=O) groups is 2. The molecule has 3 aromatic carbocycles. The monoisotopic (exact) mass is 433 g/mol. The Morgan fingerprint density at radius 2 is 1.31 bits per heavy atom. The van der Waals surface area contributed by atoms with Crippen LogP contribution in [0.3, 0.4) is 0 Å². The third-order valence-electron chi connectivity index (χ3n) is 4.49. The van der Waals surface area contributed by atoms with Crippen LogP contribution in [-0.2, 0) is 4.79 Å². The first kappa shape index (κ1) is 22.7. The molecule has 0 radical (unpaired) electrons. The van der Waals surface area contributed by atoms with Gasteiger partial charge in [-0.25, -0.2) is 0 Å². The summed E-state index contributed by atoms with van der Waals surface area (Å²) in [5.41, 5.74) is 2.01. The quantitative estimate of drug-likeness (QED) is 0.474. The molecular formula is C25H27N3O4. The molecule has 3 rings (SSSR count). The van der Waals surface area contributed by atoms with Crippen LogP contribution in [0.1, 0.15) is 10.4 Å². The van der Waals surface area contributed by atoms with E-state index >= 15 is 0 Å². The van der Waals surface area contributed by atoms with Gasteiger partial charge in [0.05, 0.1) is 6.54 Å². The highest BCUT2D eigenvalue weighted by molar-refractivity contribution is 5.96. The first-order chi connectivity index (χ1) is 15.5. The van der Waals surface area contributed by atoms with Gasteiger partial charge in [-0.3, -0.25) is 9.59 Å². The first-order valence-corrected chi connectivity index (χ1v) is 10.3. The Hall–Kier alpha value is -4.00. The summed E-state index contributed by atoms with van der Waals surface area (Å²) in [5, 5.41) is 5.87. The minimum Gasteiger partial charge on any atom is -0.490 e. The Morgan fingerprint density at radius 1 is 0.750 bits per heavy atom. The van der Waals surface area contributed by atoms with E-state index in [1.54, 1.807) is 38.4 Å². The number of anilines is 2. The van der Waals surface area contributed by atoms with Gasteiger partial charge in [0.25, 0.3) is 5.91 Å². The van der Waals surface area contributed by atoms with Crippen molar-refractivity contribution in [2.24, 2.45) is 0 Å². The zero-order valence-corrected chi connectivity index (χ0v) is 18.2. The molecule has 0 saturated carbocycles. The van der Waals surface area contributed by atoms with Gasteiger partial charge in [-0.2, -0.15) is 0 Å². The molecule has 0 aromatic heterocycles. The van der Waals surface area contributed by atoms with Crippen LogP contribution in [-0.4, -0.2) is 50.6 Å². The van der Waals surface area contributed by atoms with Crippen molar-refractivity contribution in [1.82, 2.24) is 4.90 Å². The standard InChI is InChI=1S/C25H27N3O4/c1-28(2)25(30)19-8-10-21(11-9-19)27-24(29)18-26-20-12-14-23(15-13-20)32-17-16-31-22-6-4-3-5-7-22/h3-15,26H,16-18H2,1-2H3,(H,27,29). The molecule has 2 N–H and O–H groups in total. The number of amides is 2. The van der Waals surface area contributed by atoms with E-state index in [4.69, 9.17) is 9.47 Å². The van der Waals surface area contributed by atoms with Crippen LogP contribution in [0, 0.1) is 0 Å². The fraction of sp³-hybridized carbons (Fsp3) is 0.200. The summed E-state index contributed by atoms with van der Waals surface area (Å²) in [4.78, 5) is 25.6. The smallest absolute Gasteiger partial charge is 0.253 e. The van der Waals surface area contributed by atoms with Crippen molar-refractivity contribution in [2.75, 3.05) is 44.5 Å². The van der Waals surface area contributed by atoms with Crippen LogP contribution in [0.4, 0.5) is 11.4 Å². The van der Waals surface area contributed by atoms with E-state index in [9.17, 15) is 9.59 Å². The van der Waals surface area contributed by atoms with Gasteiger partial charge in [-0.1, -0.05) is 18.2 Å². The molecule has 3 aromatic rings. The lowest BCUT2D eigenvalue weighted by atomic mass is 10.2. The summed E-state index contributed by atoms with van der Waals surface area (Å²) in [6.45, 7) is 1.00. The van der Waals surface area contributed by atoms with Crippen molar-refractivity contribution in [3.05, 3.63) is 84.4 Å². The largest absolute Gasteiger partial charge is 0.490 e. The molecule has 0 bridgehead atoms. The van der Waals surface area contributed by atoms with Crippen molar-refractivity contribution in [1.29, 1.82) is 0 Å². The molecule has 0 aliphatic carbocycles. The van der Waals surface area contributed by atoms with E-state index < -0.39 is 0 Å². The zero-order valence-electron chi connectivity index (χ0n) is 18.2. The number of hydrogen-bond acceptors (Lipinski definition) is 5. The normalized spacial score (nSPS) is 10.2. The SMILES string of the molecule is CN(C)C(=O)c1ccc(NC(=O)CNc2ccc(OCCOc3ccccc3)cc2)cc1. The Kier molecular flexibility index (Phi) is 8.09. The second-order valence-electron chi connectivity index (χ2n) is 7.21. The molecule has 7 nitrogen and oxygen atoms in total.